The number of fused-ring (bicyclic) bond motifs is 1. The van der Waals surface area contributed by atoms with Crippen LogP contribution in [0.4, 0.5) is 4.79 Å². The van der Waals surface area contributed by atoms with Gasteiger partial charge in [0.05, 0.1) is 12.0 Å². The summed E-state index contributed by atoms with van der Waals surface area (Å²) in [7, 11) is 0. The van der Waals surface area contributed by atoms with E-state index in [1.807, 2.05) is 0 Å². The molecule has 0 bridgehead atoms. The Morgan fingerprint density at radius 3 is 2.48 bits per heavy atom. The normalized spacial score (nSPS) is 25.6. The van der Waals surface area contributed by atoms with E-state index < -0.39 is 62.5 Å². The number of carboxylic acid groups (broad SMARTS) is 1. The average molecular weight is 497 g/mol. The van der Waals surface area contributed by atoms with Crippen LogP contribution in [0.2, 0.25) is 0 Å². The molecule has 4 atom stereocenters. The Kier molecular flexibility index (Phi) is 9.05. The molecule has 0 aliphatic carbocycles. The summed E-state index contributed by atoms with van der Waals surface area (Å²) in [5, 5.41) is 15.5. The smallest absolute Gasteiger partial charge is 0.548 e. The van der Waals surface area contributed by atoms with Gasteiger partial charge in [0.15, 0.2) is 0 Å². The summed E-state index contributed by atoms with van der Waals surface area (Å²) >= 11 is 17.6. The third-order valence-corrected chi connectivity index (χ3v) is 6.02. The molecule has 2 aliphatic heterocycles. The van der Waals surface area contributed by atoms with E-state index in [1.54, 1.807) is 13.8 Å². The molecule has 0 aromatic carbocycles. The fourth-order valence-electron chi connectivity index (χ4n) is 2.92. The number of carbonyl (C=O) groups excluding carboxylic acids is 4. The van der Waals surface area contributed by atoms with Gasteiger partial charge in [-0.05, 0) is 13.8 Å². The number of alkyl carbamates (subject to hydrolysis) is 1. The Balaban J connectivity index is 0.00000420. The quantitative estimate of drug-likeness (QED) is 0.173. The molecule has 2 aliphatic rings. The van der Waals surface area contributed by atoms with Crippen LogP contribution >= 0.6 is 46.6 Å². The molecule has 2 saturated heterocycles. The Hall–Kier alpha value is -0.360. The van der Waals surface area contributed by atoms with Crippen molar-refractivity contribution >= 4 is 70.4 Å². The Morgan fingerprint density at radius 2 is 2.00 bits per heavy atom. The number of hydrogen-bond acceptors (Lipinski definition) is 7. The number of hydrogen-bond donors (Lipinski definition) is 2. The van der Waals surface area contributed by atoms with Gasteiger partial charge in [-0.15, -0.1) is 18.3 Å². The number of carboxylic acids is 1. The molecule has 0 saturated carbocycles. The molecular weight excluding hydrogens is 480 g/mol. The maximum Gasteiger partial charge on any atom is 1.00 e. The Labute approximate surface area is 208 Å². The zero-order chi connectivity index (χ0) is 21.4. The van der Waals surface area contributed by atoms with Crippen LogP contribution in [-0.2, 0) is 19.1 Å². The fraction of sp³-hybridized carbons (Fsp3) is 0.600. The molecule has 0 radical (unpaired) electrons. The maximum atomic E-state index is 12.4. The minimum absolute atomic E-state index is 0. The topological polar surface area (TPSA) is 128 Å². The van der Waals surface area contributed by atoms with E-state index in [2.05, 4.69) is 21.9 Å². The standard InChI is InChI=1S/C15H18Cl3N3O6S.Na/c1-4-6(19-13(26)27-5-15(16,17)18)9(22)20-7-10(23)21-8(12(24)25)14(2,3)28-11(7)21;/h4,6-8,11H,1,5H2,2-3H3,(H,19,26)(H,20,22)(H,24,25);/q;+1/p-1/t6?,7-,8-,11+;/m0./s1. The molecule has 14 heteroatoms. The molecule has 2 rings (SSSR count). The summed E-state index contributed by atoms with van der Waals surface area (Å²) in [6, 6.07) is -3.27. The summed E-state index contributed by atoms with van der Waals surface area (Å²) in [5.74, 6) is -2.64. The second-order valence-corrected chi connectivity index (χ2v) is 10.9. The van der Waals surface area contributed by atoms with Crippen LogP contribution in [0.5, 0.6) is 0 Å². The number of carbonyl (C=O) groups is 4. The summed E-state index contributed by atoms with van der Waals surface area (Å²) in [4.78, 5) is 49.0. The summed E-state index contributed by atoms with van der Waals surface area (Å²) in [6.45, 7) is 6.26. The summed E-state index contributed by atoms with van der Waals surface area (Å²) in [6.07, 6.45) is 0.101. The van der Waals surface area contributed by atoms with Gasteiger partial charge in [0, 0.05) is 4.75 Å². The van der Waals surface area contributed by atoms with Crippen molar-refractivity contribution in [1.82, 2.24) is 15.5 Å². The number of halogens is 3. The molecule has 29 heavy (non-hydrogen) atoms. The largest absolute Gasteiger partial charge is 1.00 e. The van der Waals surface area contributed by atoms with E-state index in [-0.39, 0.29) is 29.6 Å². The molecule has 2 fully saturated rings. The average Bonchev–Trinajstić information content (AvgIpc) is 2.83. The number of nitrogens with zero attached hydrogens (tertiary/aromatic N) is 1. The number of amides is 3. The van der Waals surface area contributed by atoms with E-state index in [0.29, 0.717) is 0 Å². The van der Waals surface area contributed by atoms with Crippen LogP contribution in [-0.4, -0.2) is 67.4 Å². The number of ether oxygens (including phenoxy) is 1. The van der Waals surface area contributed by atoms with Crippen LogP contribution in [0.1, 0.15) is 13.8 Å². The molecule has 2 heterocycles. The van der Waals surface area contributed by atoms with Crippen molar-refractivity contribution in [3.8, 4) is 0 Å². The van der Waals surface area contributed by atoms with Crippen LogP contribution in [0.25, 0.3) is 0 Å². The van der Waals surface area contributed by atoms with Crippen LogP contribution < -0.4 is 45.3 Å². The summed E-state index contributed by atoms with van der Waals surface area (Å²) in [5.41, 5.74) is 0. The number of β-lactam (4-membered cyclic amide) rings is 1. The minimum Gasteiger partial charge on any atom is -0.548 e. The van der Waals surface area contributed by atoms with Gasteiger partial charge in [-0.3, -0.25) is 9.59 Å². The second-order valence-electron chi connectivity index (χ2n) is 6.61. The number of alkyl halides is 3. The Morgan fingerprint density at radius 1 is 1.41 bits per heavy atom. The number of nitrogens with one attached hydrogen (secondary N) is 2. The van der Waals surface area contributed by atoms with Gasteiger partial charge in [0.1, 0.15) is 24.1 Å². The van der Waals surface area contributed by atoms with Gasteiger partial charge >= 0.3 is 35.7 Å². The van der Waals surface area contributed by atoms with Crippen molar-refractivity contribution in [2.24, 2.45) is 0 Å². The summed E-state index contributed by atoms with van der Waals surface area (Å²) < 4.78 is 2.07. The first-order valence-corrected chi connectivity index (χ1v) is 9.93. The third kappa shape index (κ3) is 6.09. The van der Waals surface area contributed by atoms with E-state index in [1.165, 1.54) is 16.7 Å². The molecule has 156 valence electrons. The maximum absolute atomic E-state index is 12.4. The zero-order valence-corrected chi connectivity index (χ0v) is 20.8. The first-order chi connectivity index (χ1) is 12.8. The zero-order valence-electron chi connectivity index (χ0n) is 15.7. The van der Waals surface area contributed by atoms with E-state index in [4.69, 9.17) is 34.8 Å². The third-order valence-electron chi connectivity index (χ3n) is 4.12. The molecular formula is C15H17Cl3N3NaO6S. The molecule has 0 aromatic rings. The van der Waals surface area contributed by atoms with Crippen molar-refractivity contribution in [2.45, 2.75) is 45.9 Å². The van der Waals surface area contributed by atoms with Crippen LogP contribution in [0, 0.1) is 0 Å². The van der Waals surface area contributed by atoms with E-state index >= 15 is 0 Å². The molecule has 3 amide bonds. The van der Waals surface area contributed by atoms with Gasteiger partial charge in [0.2, 0.25) is 15.6 Å². The SMILES string of the molecule is C=CC(NC(=O)OCC(Cl)(Cl)Cl)C(=O)N[C@H]1C(=O)N2[C@@H]1SC(C)(C)[C@@H]2C(=O)[O-].[Na+]. The van der Waals surface area contributed by atoms with Crippen molar-refractivity contribution < 1.29 is 58.6 Å². The molecule has 2 N–H and O–H groups in total. The van der Waals surface area contributed by atoms with Crippen LogP contribution in [0.3, 0.4) is 0 Å². The molecule has 0 spiro atoms. The predicted octanol–water partition coefficient (Wildman–Crippen LogP) is -3.06. The molecule has 0 aromatic heterocycles. The minimum atomic E-state index is -1.81. The van der Waals surface area contributed by atoms with E-state index in [0.717, 1.165) is 6.08 Å². The van der Waals surface area contributed by atoms with Gasteiger partial charge < -0.3 is 30.2 Å². The van der Waals surface area contributed by atoms with Gasteiger partial charge in [0.25, 0.3) is 0 Å². The molecule has 9 nitrogen and oxygen atoms in total. The number of thioether (sulfide) groups is 1. The van der Waals surface area contributed by atoms with Gasteiger partial charge in [-0.2, -0.15) is 0 Å². The predicted molar refractivity (Wildman–Crippen MR) is 102 cm³/mol. The first kappa shape index (κ1) is 26.7. The van der Waals surface area contributed by atoms with E-state index in [9.17, 15) is 24.3 Å². The van der Waals surface area contributed by atoms with Crippen molar-refractivity contribution in [2.75, 3.05) is 6.61 Å². The van der Waals surface area contributed by atoms with Gasteiger partial charge in [-0.25, -0.2) is 4.79 Å². The van der Waals surface area contributed by atoms with Crippen molar-refractivity contribution in [3.63, 3.8) is 0 Å². The van der Waals surface area contributed by atoms with Crippen LogP contribution in [0.15, 0.2) is 12.7 Å². The number of aliphatic carboxylic acids is 1. The fourth-order valence-corrected chi connectivity index (χ4v) is 4.70. The first-order valence-electron chi connectivity index (χ1n) is 7.92. The van der Waals surface area contributed by atoms with Gasteiger partial charge in [-0.1, -0.05) is 40.9 Å². The molecule has 1 unspecified atom stereocenters. The number of rotatable bonds is 6. The monoisotopic (exact) mass is 495 g/mol. The van der Waals surface area contributed by atoms with Crippen molar-refractivity contribution in [3.05, 3.63) is 12.7 Å². The van der Waals surface area contributed by atoms with Crippen molar-refractivity contribution in [1.29, 1.82) is 0 Å². The second kappa shape index (κ2) is 9.84. The Bertz CT molecular complexity index is 720.